The molecule has 0 radical (unpaired) electrons. The van der Waals surface area contributed by atoms with Crippen molar-refractivity contribution < 1.29 is 55.5 Å². The molecular formula is C28H42F2O10S. The van der Waals surface area contributed by atoms with Crippen molar-refractivity contribution in [2.45, 2.75) is 102 Å². The Labute approximate surface area is 239 Å². The van der Waals surface area contributed by atoms with E-state index < -0.39 is 39.5 Å². The van der Waals surface area contributed by atoms with Crippen LogP contribution in [-0.2, 0) is 38.7 Å². The van der Waals surface area contributed by atoms with Crippen molar-refractivity contribution in [3.8, 4) is 0 Å². The minimum atomic E-state index is -5.71. The zero-order valence-electron chi connectivity index (χ0n) is 23.7. The van der Waals surface area contributed by atoms with E-state index in [9.17, 15) is 36.7 Å². The Kier molecular flexibility index (Phi) is 9.13. The number of aliphatic hydroxyl groups is 1. The highest BCUT2D eigenvalue weighted by atomic mass is 32.2. The molecule has 13 heteroatoms. The zero-order valence-corrected chi connectivity index (χ0v) is 24.6. The van der Waals surface area contributed by atoms with Gasteiger partial charge in [-0.3, -0.25) is 18.9 Å². The third-order valence-corrected chi connectivity index (χ3v) is 12.4. The molecule has 1 unspecified atom stereocenters. The van der Waals surface area contributed by atoms with Crippen LogP contribution in [0.5, 0.6) is 0 Å². The molecule has 10 nitrogen and oxygen atoms in total. The van der Waals surface area contributed by atoms with Gasteiger partial charge in [0.05, 0.1) is 6.10 Å². The lowest BCUT2D eigenvalue weighted by Crippen LogP contribution is -2.63. The second-order valence-electron chi connectivity index (χ2n) is 13.2. The van der Waals surface area contributed by atoms with Crippen LogP contribution in [0, 0.1) is 46.3 Å². The predicted octanol–water partition coefficient (Wildman–Crippen LogP) is 3.75. The summed E-state index contributed by atoms with van der Waals surface area (Å²) in [6, 6.07) is 0. The molecule has 4 fully saturated rings. The molecule has 234 valence electrons. The van der Waals surface area contributed by atoms with E-state index in [4.69, 9.17) is 14.0 Å². The number of rotatable bonds is 11. The van der Waals surface area contributed by atoms with Crippen LogP contribution in [0.15, 0.2) is 0 Å². The van der Waals surface area contributed by atoms with E-state index in [1.54, 1.807) is 0 Å². The summed E-state index contributed by atoms with van der Waals surface area (Å²) in [5.41, 5.74) is -0.596. The molecule has 4 saturated carbocycles. The summed E-state index contributed by atoms with van der Waals surface area (Å²) in [6.07, 6.45) is 3.93. The third kappa shape index (κ3) is 5.74. The maximum atomic E-state index is 13.5. The SMILES string of the molecule is C[C@H](CCC(=O)OCC(F)(F)S(=O)(=O)O)[C@H]1CC[C@H]2[C@@H]3[C@H](OC=O)CC4C[C@H](O)CC[C@]4(C)[C@H]3C[C@H](OC=O)[C@]12C. The maximum Gasteiger partial charge on any atom is 0.402 e. The van der Waals surface area contributed by atoms with Gasteiger partial charge in [0.25, 0.3) is 12.9 Å². The molecule has 0 aromatic heterocycles. The topological polar surface area (TPSA) is 154 Å². The smallest absolute Gasteiger partial charge is 0.402 e. The number of aliphatic hydroxyl groups excluding tert-OH is 1. The van der Waals surface area contributed by atoms with E-state index in [0.29, 0.717) is 38.6 Å². The Morgan fingerprint density at radius 2 is 1.76 bits per heavy atom. The van der Waals surface area contributed by atoms with Gasteiger partial charge in [0.15, 0.2) is 6.61 Å². The molecule has 2 N–H and O–H groups in total. The molecule has 0 bridgehead atoms. The summed E-state index contributed by atoms with van der Waals surface area (Å²) in [5.74, 6) is -0.706. The lowest BCUT2D eigenvalue weighted by molar-refractivity contribution is -0.217. The summed E-state index contributed by atoms with van der Waals surface area (Å²) >= 11 is 0. The minimum Gasteiger partial charge on any atom is -0.464 e. The molecule has 0 aromatic rings. The minimum absolute atomic E-state index is 0.000972. The molecule has 11 atom stereocenters. The van der Waals surface area contributed by atoms with E-state index in [0.717, 1.165) is 19.3 Å². The van der Waals surface area contributed by atoms with Gasteiger partial charge in [-0.25, -0.2) is 0 Å². The van der Waals surface area contributed by atoms with Crippen molar-refractivity contribution in [1.82, 2.24) is 0 Å². The summed E-state index contributed by atoms with van der Waals surface area (Å²) < 4.78 is 73.1. The number of carbonyl (C=O) groups is 3. The third-order valence-electron chi connectivity index (χ3n) is 11.5. The number of hydrogen-bond acceptors (Lipinski definition) is 9. The molecule has 4 aliphatic carbocycles. The molecule has 0 aromatic carbocycles. The fourth-order valence-electron chi connectivity index (χ4n) is 9.42. The summed E-state index contributed by atoms with van der Waals surface area (Å²) in [7, 11) is -5.71. The normalized spacial score (nSPS) is 41.2. The molecule has 0 aliphatic heterocycles. The van der Waals surface area contributed by atoms with Gasteiger partial charge in [-0.05, 0) is 86.4 Å². The first-order valence-electron chi connectivity index (χ1n) is 14.5. The highest BCUT2D eigenvalue weighted by molar-refractivity contribution is 7.86. The van der Waals surface area contributed by atoms with Gasteiger partial charge in [-0.1, -0.05) is 20.8 Å². The molecular weight excluding hydrogens is 566 g/mol. The van der Waals surface area contributed by atoms with Crippen LogP contribution in [0.3, 0.4) is 0 Å². The van der Waals surface area contributed by atoms with Gasteiger partial charge >= 0.3 is 21.3 Å². The zero-order chi connectivity index (χ0) is 30.4. The van der Waals surface area contributed by atoms with Crippen LogP contribution < -0.4 is 0 Å². The average molecular weight is 609 g/mol. The number of carbonyl (C=O) groups excluding carboxylic acids is 3. The quantitative estimate of drug-likeness (QED) is 0.153. The standard InChI is InChI=1S/C28H42F2O10S/c1-16(4-7-24(34)38-13-28(29,30)41(35,36)37)19-5-6-20-25-21(12-23(40-15-32)27(19,20)3)26(2)9-8-18(33)10-17(26)11-22(25)39-14-31/h14-23,25,33H,4-13H2,1-3H3,(H,35,36,37)/t16-,17?,18-,19-,20+,21+,22-,23+,25+,26+,27-/m1/s1. The first-order chi connectivity index (χ1) is 19.1. The number of fused-ring (bicyclic) bond motifs is 5. The Bertz CT molecular complexity index is 1100. The van der Waals surface area contributed by atoms with Crippen LogP contribution in [0.25, 0.3) is 0 Å². The highest BCUT2D eigenvalue weighted by Gasteiger charge is 2.67. The first-order valence-corrected chi connectivity index (χ1v) is 15.9. The van der Waals surface area contributed by atoms with E-state index in [1.807, 2.05) is 6.92 Å². The van der Waals surface area contributed by atoms with Crippen molar-refractivity contribution in [2.24, 2.45) is 46.3 Å². The van der Waals surface area contributed by atoms with Crippen LogP contribution >= 0.6 is 0 Å². The second-order valence-corrected chi connectivity index (χ2v) is 14.8. The monoisotopic (exact) mass is 608 g/mol. The summed E-state index contributed by atoms with van der Waals surface area (Å²) in [5, 5.41) is 5.81. The first kappa shape index (κ1) is 32.1. The number of halogens is 2. The molecule has 0 spiro atoms. The van der Waals surface area contributed by atoms with Crippen molar-refractivity contribution in [1.29, 1.82) is 0 Å². The molecule has 4 rings (SSSR count). The molecule has 41 heavy (non-hydrogen) atoms. The Hall–Kier alpha value is -1.86. The fourth-order valence-corrected chi connectivity index (χ4v) is 9.63. The molecule has 0 heterocycles. The van der Waals surface area contributed by atoms with Crippen molar-refractivity contribution in [2.75, 3.05) is 6.61 Å². The summed E-state index contributed by atoms with van der Waals surface area (Å²) in [6.45, 7) is 5.51. The second kappa shape index (κ2) is 11.7. The Morgan fingerprint density at radius 1 is 1.07 bits per heavy atom. The van der Waals surface area contributed by atoms with Crippen LogP contribution in [0.2, 0.25) is 0 Å². The van der Waals surface area contributed by atoms with Crippen LogP contribution in [0.1, 0.15) is 78.6 Å². The van der Waals surface area contributed by atoms with Crippen molar-refractivity contribution in [3.63, 3.8) is 0 Å². The lowest BCUT2D eigenvalue weighted by Gasteiger charge is -2.64. The van der Waals surface area contributed by atoms with E-state index >= 15 is 0 Å². The largest absolute Gasteiger partial charge is 0.464 e. The van der Waals surface area contributed by atoms with Gasteiger partial charge in [0.1, 0.15) is 12.2 Å². The fraction of sp³-hybridized carbons (Fsp3) is 0.893. The predicted molar refractivity (Wildman–Crippen MR) is 140 cm³/mol. The lowest BCUT2D eigenvalue weighted by atomic mass is 9.43. The van der Waals surface area contributed by atoms with E-state index in [1.165, 1.54) is 0 Å². The Balaban J connectivity index is 1.53. The molecule has 4 aliphatic rings. The van der Waals surface area contributed by atoms with Crippen LogP contribution in [-0.4, -0.2) is 67.2 Å². The summed E-state index contributed by atoms with van der Waals surface area (Å²) in [4.78, 5) is 35.5. The van der Waals surface area contributed by atoms with Crippen LogP contribution in [0.4, 0.5) is 8.78 Å². The van der Waals surface area contributed by atoms with Gasteiger partial charge in [0, 0.05) is 17.8 Å². The van der Waals surface area contributed by atoms with Gasteiger partial charge < -0.3 is 19.3 Å². The average Bonchev–Trinajstić information content (AvgIpc) is 3.25. The highest BCUT2D eigenvalue weighted by Crippen LogP contribution is 2.69. The van der Waals surface area contributed by atoms with Crippen molar-refractivity contribution in [3.05, 3.63) is 0 Å². The maximum absolute atomic E-state index is 13.5. The molecule has 0 saturated heterocycles. The van der Waals surface area contributed by atoms with E-state index in [-0.39, 0.29) is 66.0 Å². The number of ether oxygens (including phenoxy) is 3. The molecule has 0 amide bonds. The van der Waals surface area contributed by atoms with Gasteiger partial charge in [-0.15, -0.1) is 0 Å². The number of alkyl halides is 2. The number of hydrogen-bond donors (Lipinski definition) is 2. The number of esters is 1. The van der Waals surface area contributed by atoms with Gasteiger partial charge in [-0.2, -0.15) is 17.2 Å². The Morgan fingerprint density at radius 3 is 2.39 bits per heavy atom. The van der Waals surface area contributed by atoms with E-state index in [2.05, 4.69) is 18.6 Å². The van der Waals surface area contributed by atoms with Crippen molar-refractivity contribution >= 4 is 29.0 Å². The van der Waals surface area contributed by atoms with Gasteiger partial charge in [0.2, 0.25) is 0 Å².